The Bertz CT molecular complexity index is 807. The zero-order valence-electron chi connectivity index (χ0n) is 12.7. The highest BCUT2D eigenvalue weighted by Gasteiger charge is 2.27. The number of hydrogen-bond acceptors (Lipinski definition) is 6. The van der Waals surface area contributed by atoms with Gasteiger partial charge in [-0.05, 0) is 19.8 Å². The van der Waals surface area contributed by atoms with Crippen molar-refractivity contribution in [2.45, 2.75) is 25.7 Å². The van der Waals surface area contributed by atoms with Gasteiger partial charge in [-0.3, -0.25) is 0 Å². The molecule has 0 spiro atoms. The first-order chi connectivity index (χ1) is 10.7. The second-order valence-corrected chi connectivity index (χ2v) is 5.83. The number of fused-ring (bicyclic) bond motifs is 1. The first-order valence-corrected chi connectivity index (χ1v) is 7.53. The predicted molar refractivity (Wildman–Crippen MR) is 81.7 cm³/mol. The van der Waals surface area contributed by atoms with Gasteiger partial charge in [-0.25, -0.2) is 9.97 Å². The van der Waals surface area contributed by atoms with Gasteiger partial charge in [0.25, 0.3) is 5.71 Å². The molecule has 7 heteroatoms. The van der Waals surface area contributed by atoms with E-state index in [1.54, 1.807) is 6.33 Å². The lowest BCUT2D eigenvalue weighted by molar-refractivity contribution is 0.442. The van der Waals surface area contributed by atoms with E-state index in [9.17, 15) is 0 Å². The Morgan fingerprint density at radius 3 is 3.00 bits per heavy atom. The van der Waals surface area contributed by atoms with Crippen LogP contribution in [-0.4, -0.2) is 37.8 Å². The summed E-state index contributed by atoms with van der Waals surface area (Å²) in [4.78, 5) is 15.5. The lowest BCUT2D eigenvalue weighted by Gasteiger charge is -2.33. The summed E-state index contributed by atoms with van der Waals surface area (Å²) in [7, 11) is 2.05. The molecule has 0 saturated carbocycles. The second-order valence-electron chi connectivity index (χ2n) is 5.83. The molecule has 0 aliphatic carbocycles. The number of hydrogen-bond donors (Lipinski definition) is 0. The molecule has 0 bridgehead atoms. The third-order valence-corrected chi connectivity index (χ3v) is 4.37. The van der Waals surface area contributed by atoms with Gasteiger partial charge < -0.3 is 14.0 Å². The first kappa shape index (κ1) is 13.2. The smallest absolute Gasteiger partial charge is 0.263 e. The van der Waals surface area contributed by atoms with Gasteiger partial charge in [0, 0.05) is 38.4 Å². The molecule has 1 saturated heterocycles. The molecule has 0 aromatic carbocycles. The Kier molecular flexibility index (Phi) is 3.06. The lowest BCUT2D eigenvalue weighted by atomic mass is 9.97. The number of rotatable bonds is 2. The van der Waals surface area contributed by atoms with Crippen molar-refractivity contribution in [3.63, 3.8) is 0 Å². The highest BCUT2D eigenvalue weighted by molar-refractivity contribution is 5.87. The Morgan fingerprint density at radius 2 is 2.18 bits per heavy atom. The van der Waals surface area contributed by atoms with Gasteiger partial charge in [0.15, 0.2) is 0 Å². The van der Waals surface area contributed by atoms with E-state index in [1.165, 1.54) is 0 Å². The van der Waals surface area contributed by atoms with Gasteiger partial charge >= 0.3 is 0 Å². The van der Waals surface area contributed by atoms with Gasteiger partial charge in [-0.2, -0.15) is 4.98 Å². The summed E-state index contributed by atoms with van der Waals surface area (Å²) in [5.74, 6) is 2.47. The van der Waals surface area contributed by atoms with Crippen molar-refractivity contribution in [3.05, 3.63) is 30.2 Å². The molecule has 22 heavy (non-hydrogen) atoms. The average Bonchev–Trinajstić information content (AvgIpc) is 3.14. The monoisotopic (exact) mass is 298 g/mol. The number of aromatic nitrogens is 5. The Hall–Kier alpha value is -2.44. The molecular formula is C15H18N6O. The van der Waals surface area contributed by atoms with E-state index in [2.05, 4.69) is 29.6 Å². The molecule has 114 valence electrons. The first-order valence-electron chi connectivity index (χ1n) is 7.53. The van der Waals surface area contributed by atoms with E-state index in [-0.39, 0.29) is 0 Å². The van der Waals surface area contributed by atoms with E-state index < -0.39 is 0 Å². The fraction of sp³-hybridized carbons (Fsp3) is 0.467. The van der Waals surface area contributed by atoms with Crippen LogP contribution < -0.4 is 4.90 Å². The molecule has 0 radical (unpaired) electrons. The van der Waals surface area contributed by atoms with Crippen LogP contribution in [0.5, 0.6) is 0 Å². The van der Waals surface area contributed by atoms with E-state index in [1.807, 2.05) is 26.4 Å². The minimum Gasteiger partial charge on any atom is -0.355 e. The second kappa shape index (κ2) is 5.08. The molecule has 1 unspecified atom stereocenters. The van der Waals surface area contributed by atoms with Crippen LogP contribution in [0.15, 0.2) is 23.2 Å². The summed E-state index contributed by atoms with van der Waals surface area (Å²) >= 11 is 0. The van der Waals surface area contributed by atoms with Crippen molar-refractivity contribution in [1.82, 2.24) is 24.7 Å². The highest BCUT2D eigenvalue weighted by Crippen LogP contribution is 2.32. The lowest BCUT2D eigenvalue weighted by Crippen LogP contribution is -2.36. The zero-order valence-corrected chi connectivity index (χ0v) is 12.7. The molecule has 3 aromatic heterocycles. The van der Waals surface area contributed by atoms with Crippen molar-refractivity contribution < 1.29 is 4.52 Å². The number of piperidine rings is 1. The molecule has 7 nitrogen and oxygen atoms in total. The minimum absolute atomic E-state index is 0.416. The SMILES string of the molecule is Cc1noc2ncnc(N3CCCC(c4nccn4C)C3)c12. The molecule has 0 N–H and O–H groups in total. The number of nitrogens with zero attached hydrogens (tertiary/aromatic N) is 6. The molecule has 1 aliphatic rings. The number of imidazole rings is 1. The number of aryl methyl sites for hydroxylation is 2. The summed E-state index contributed by atoms with van der Waals surface area (Å²) in [5.41, 5.74) is 1.39. The summed E-state index contributed by atoms with van der Waals surface area (Å²) in [6.45, 7) is 3.82. The summed E-state index contributed by atoms with van der Waals surface area (Å²) in [6.07, 6.45) is 7.68. The van der Waals surface area contributed by atoms with E-state index in [0.717, 1.165) is 48.7 Å². The summed E-state index contributed by atoms with van der Waals surface area (Å²) < 4.78 is 7.36. The van der Waals surface area contributed by atoms with Gasteiger partial charge in [-0.1, -0.05) is 5.16 Å². The van der Waals surface area contributed by atoms with Crippen LogP contribution in [0.3, 0.4) is 0 Å². The van der Waals surface area contributed by atoms with Crippen molar-refractivity contribution in [3.8, 4) is 0 Å². The largest absolute Gasteiger partial charge is 0.355 e. The maximum absolute atomic E-state index is 5.25. The predicted octanol–water partition coefficient (Wildman–Crippen LogP) is 2.04. The standard InChI is InChI=1S/C15H18N6O/c1-10-12-14(17-9-18-15(12)22-19-10)21-6-3-4-11(8-21)13-16-5-7-20(13)2/h5,7,9,11H,3-4,6,8H2,1-2H3. The molecule has 0 amide bonds. The zero-order chi connectivity index (χ0) is 15.1. The minimum atomic E-state index is 0.416. The van der Waals surface area contributed by atoms with Crippen LogP contribution in [-0.2, 0) is 7.05 Å². The van der Waals surface area contributed by atoms with Crippen molar-refractivity contribution >= 4 is 16.9 Å². The maximum Gasteiger partial charge on any atom is 0.263 e. The summed E-state index contributed by atoms with van der Waals surface area (Å²) in [5, 5.41) is 4.93. The molecule has 1 atom stereocenters. The van der Waals surface area contributed by atoms with Crippen LogP contribution in [0.25, 0.3) is 11.1 Å². The molecule has 1 fully saturated rings. The average molecular weight is 298 g/mol. The van der Waals surface area contributed by atoms with Crippen molar-refractivity contribution in [2.24, 2.45) is 7.05 Å². The Morgan fingerprint density at radius 1 is 1.27 bits per heavy atom. The van der Waals surface area contributed by atoms with Crippen LogP contribution >= 0.6 is 0 Å². The van der Waals surface area contributed by atoms with E-state index >= 15 is 0 Å². The fourth-order valence-corrected chi connectivity index (χ4v) is 3.29. The molecular weight excluding hydrogens is 280 g/mol. The van der Waals surface area contributed by atoms with E-state index in [4.69, 9.17) is 4.52 Å². The molecule has 4 rings (SSSR count). The van der Waals surface area contributed by atoms with Gasteiger partial charge in [0.05, 0.1) is 5.69 Å². The topological polar surface area (TPSA) is 72.9 Å². The number of anilines is 1. The fourth-order valence-electron chi connectivity index (χ4n) is 3.29. The highest BCUT2D eigenvalue weighted by atomic mass is 16.5. The van der Waals surface area contributed by atoms with Gasteiger partial charge in [0.1, 0.15) is 23.4 Å². The Balaban J connectivity index is 1.70. The molecule has 3 aromatic rings. The molecule has 4 heterocycles. The van der Waals surface area contributed by atoms with Crippen molar-refractivity contribution in [1.29, 1.82) is 0 Å². The third kappa shape index (κ3) is 2.04. The Labute approximate surface area is 128 Å². The molecule has 1 aliphatic heterocycles. The maximum atomic E-state index is 5.25. The third-order valence-electron chi connectivity index (χ3n) is 4.37. The van der Waals surface area contributed by atoms with Crippen LogP contribution in [0.1, 0.15) is 30.3 Å². The van der Waals surface area contributed by atoms with Crippen molar-refractivity contribution in [2.75, 3.05) is 18.0 Å². The quantitative estimate of drug-likeness (QED) is 0.721. The van der Waals surface area contributed by atoms with Gasteiger partial charge in [0.2, 0.25) is 0 Å². The van der Waals surface area contributed by atoms with E-state index in [0.29, 0.717) is 11.6 Å². The summed E-state index contributed by atoms with van der Waals surface area (Å²) in [6, 6.07) is 0. The van der Waals surface area contributed by atoms with Crippen LogP contribution in [0.2, 0.25) is 0 Å². The van der Waals surface area contributed by atoms with Crippen LogP contribution in [0.4, 0.5) is 5.82 Å². The van der Waals surface area contributed by atoms with Crippen LogP contribution in [0, 0.1) is 6.92 Å². The normalized spacial score (nSPS) is 19.0. The van der Waals surface area contributed by atoms with Gasteiger partial charge in [-0.15, -0.1) is 0 Å².